The molecule has 1 N–H and O–H groups in total. The van der Waals surface area contributed by atoms with Crippen LogP contribution in [0.5, 0.6) is 5.75 Å². The van der Waals surface area contributed by atoms with E-state index in [1.54, 1.807) is 12.3 Å². The van der Waals surface area contributed by atoms with E-state index in [0.717, 1.165) is 25.0 Å². The average molecular weight is 260 g/mol. The Morgan fingerprint density at radius 1 is 1.22 bits per heavy atom. The molecule has 0 radical (unpaired) electrons. The fourth-order valence-electron chi connectivity index (χ4n) is 2.35. The molecule has 1 fully saturated rings. The molecule has 0 atom stereocenters. The quantitative estimate of drug-likeness (QED) is 0.900. The first-order chi connectivity index (χ1) is 8.84. The van der Waals surface area contributed by atoms with Crippen LogP contribution in [0.4, 0.5) is 0 Å². The van der Waals surface area contributed by atoms with E-state index in [1.807, 2.05) is 30.0 Å². The molecule has 0 unspecified atom stereocenters. The van der Waals surface area contributed by atoms with E-state index in [4.69, 9.17) is 0 Å². The van der Waals surface area contributed by atoms with Crippen molar-refractivity contribution in [1.29, 1.82) is 0 Å². The Kier molecular flexibility index (Phi) is 3.39. The van der Waals surface area contributed by atoms with Crippen LogP contribution in [-0.2, 0) is 6.54 Å². The van der Waals surface area contributed by atoms with Crippen LogP contribution in [0.1, 0.15) is 5.56 Å². The number of phenolic OH excluding ortho intramolecular Hbond substituents is 1. The maximum atomic E-state index is 9.82. The minimum Gasteiger partial charge on any atom is -0.506 e. The summed E-state index contributed by atoms with van der Waals surface area (Å²) in [4.78, 5) is 6.73. The van der Waals surface area contributed by atoms with Crippen molar-refractivity contribution in [2.24, 2.45) is 0 Å². The molecular weight excluding hydrogens is 244 g/mol. The number of nitrogens with zero attached hydrogens (tertiary/aromatic N) is 2. The highest BCUT2D eigenvalue weighted by Crippen LogP contribution is 2.26. The van der Waals surface area contributed by atoms with Gasteiger partial charge in [0, 0.05) is 42.7 Å². The normalized spacial score (nSPS) is 17.1. The van der Waals surface area contributed by atoms with Gasteiger partial charge in [-0.05, 0) is 17.7 Å². The van der Waals surface area contributed by atoms with Gasteiger partial charge >= 0.3 is 0 Å². The van der Waals surface area contributed by atoms with Gasteiger partial charge in [-0.25, -0.2) is 0 Å². The van der Waals surface area contributed by atoms with Crippen molar-refractivity contribution in [3.05, 3.63) is 36.0 Å². The molecule has 0 saturated carbocycles. The first-order valence-corrected chi connectivity index (χ1v) is 7.36. The van der Waals surface area contributed by atoms with E-state index in [-0.39, 0.29) is 5.75 Å². The standard InChI is InChI=1S/C14H16N2OS/c17-13-4-3-11(10-16-6-8-18-9-7-16)12-2-1-5-15-14(12)13/h1-5,17H,6-10H2. The number of phenols is 1. The Morgan fingerprint density at radius 3 is 2.89 bits per heavy atom. The molecule has 0 amide bonds. The number of hydrogen-bond acceptors (Lipinski definition) is 4. The summed E-state index contributed by atoms with van der Waals surface area (Å²) >= 11 is 2.02. The molecule has 4 heteroatoms. The summed E-state index contributed by atoms with van der Waals surface area (Å²) in [5, 5.41) is 10.9. The molecule has 3 rings (SSSR count). The van der Waals surface area contributed by atoms with Gasteiger partial charge in [0.2, 0.25) is 0 Å². The third-order valence-electron chi connectivity index (χ3n) is 3.34. The van der Waals surface area contributed by atoms with E-state index in [2.05, 4.69) is 9.88 Å². The highest BCUT2D eigenvalue weighted by Gasteiger charge is 2.13. The number of aromatic nitrogens is 1. The molecule has 1 saturated heterocycles. The summed E-state index contributed by atoms with van der Waals surface area (Å²) in [6.07, 6.45) is 1.73. The third kappa shape index (κ3) is 2.31. The Balaban J connectivity index is 1.94. The summed E-state index contributed by atoms with van der Waals surface area (Å²) in [5.41, 5.74) is 1.96. The van der Waals surface area contributed by atoms with Gasteiger partial charge in [-0.15, -0.1) is 0 Å². The van der Waals surface area contributed by atoms with Crippen molar-refractivity contribution in [3.63, 3.8) is 0 Å². The molecule has 1 aromatic heterocycles. The van der Waals surface area contributed by atoms with Crippen molar-refractivity contribution in [1.82, 2.24) is 9.88 Å². The number of aromatic hydroxyl groups is 1. The lowest BCUT2D eigenvalue weighted by molar-refractivity contribution is 0.295. The lowest BCUT2D eigenvalue weighted by Crippen LogP contribution is -2.32. The zero-order valence-electron chi connectivity index (χ0n) is 10.2. The lowest BCUT2D eigenvalue weighted by atomic mass is 10.1. The highest BCUT2D eigenvalue weighted by atomic mass is 32.2. The number of thioether (sulfide) groups is 1. The van der Waals surface area contributed by atoms with Crippen LogP contribution in [-0.4, -0.2) is 39.6 Å². The van der Waals surface area contributed by atoms with E-state index in [9.17, 15) is 5.11 Å². The summed E-state index contributed by atoms with van der Waals surface area (Å²) in [5.74, 6) is 2.70. The molecule has 0 bridgehead atoms. The van der Waals surface area contributed by atoms with Gasteiger partial charge in [-0.3, -0.25) is 9.88 Å². The summed E-state index contributed by atoms with van der Waals surface area (Å²) < 4.78 is 0. The molecule has 0 aliphatic carbocycles. The van der Waals surface area contributed by atoms with Crippen molar-refractivity contribution in [2.45, 2.75) is 6.54 Å². The lowest BCUT2D eigenvalue weighted by Gasteiger charge is -2.26. The molecule has 1 aromatic carbocycles. The topological polar surface area (TPSA) is 36.4 Å². The zero-order valence-corrected chi connectivity index (χ0v) is 11.0. The van der Waals surface area contributed by atoms with E-state index in [1.165, 1.54) is 17.1 Å². The van der Waals surface area contributed by atoms with Crippen molar-refractivity contribution in [3.8, 4) is 5.75 Å². The van der Waals surface area contributed by atoms with Crippen molar-refractivity contribution < 1.29 is 5.11 Å². The SMILES string of the molecule is Oc1ccc(CN2CCSCC2)c2cccnc12. The van der Waals surface area contributed by atoms with E-state index in [0.29, 0.717) is 5.52 Å². The predicted molar refractivity (Wildman–Crippen MR) is 76.0 cm³/mol. The molecule has 2 aromatic rings. The Hall–Kier alpha value is -1.26. The van der Waals surface area contributed by atoms with E-state index >= 15 is 0 Å². The van der Waals surface area contributed by atoms with Crippen LogP contribution in [0.2, 0.25) is 0 Å². The van der Waals surface area contributed by atoms with Crippen LogP contribution >= 0.6 is 11.8 Å². The van der Waals surface area contributed by atoms with Crippen LogP contribution in [0.3, 0.4) is 0 Å². The van der Waals surface area contributed by atoms with Crippen LogP contribution < -0.4 is 0 Å². The average Bonchev–Trinajstić information content (AvgIpc) is 2.44. The number of pyridine rings is 1. The Bertz CT molecular complexity index is 552. The zero-order chi connectivity index (χ0) is 12.4. The van der Waals surface area contributed by atoms with Gasteiger partial charge in [-0.1, -0.05) is 12.1 Å². The van der Waals surface area contributed by atoms with Gasteiger partial charge in [0.15, 0.2) is 0 Å². The van der Waals surface area contributed by atoms with Gasteiger partial charge in [-0.2, -0.15) is 11.8 Å². The molecule has 2 heterocycles. The minimum atomic E-state index is 0.267. The molecule has 3 nitrogen and oxygen atoms in total. The van der Waals surface area contributed by atoms with Crippen molar-refractivity contribution in [2.75, 3.05) is 24.6 Å². The fraction of sp³-hybridized carbons (Fsp3) is 0.357. The van der Waals surface area contributed by atoms with E-state index < -0.39 is 0 Å². The molecule has 0 spiro atoms. The Labute approximate surface area is 111 Å². The second kappa shape index (κ2) is 5.16. The third-order valence-corrected chi connectivity index (χ3v) is 4.28. The van der Waals surface area contributed by atoms with Gasteiger partial charge < -0.3 is 5.11 Å². The van der Waals surface area contributed by atoms with Gasteiger partial charge in [0.25, 0.3) is 0 Å². The van der Waals surface area contributed by atoms with Crippen LogP contribution in [0.25, 0.3) is 10.9 Å². The summed E-state index contributed by atoms with van der Waals surface area (Å²) in [6.45, 7) is 3.24. The molecule has 1 aliphatic rings. The Morgan fingerprint density at radius 2 is 2.06 bits per heavy atom. The van der Waals surface area contributed by atoms with Gasteiger partial charge in [0.1, 0.15) is 11.3 Å². The molecular formula is C14H16N2OS. The first kappa shape index (κ1) is 11.8. The number of rotatable bonds is 2. The number of hydrogen-bond donors (Lipinski definition) is 1. The maximum absolute atomic E-state index is 9.82. The molecule has 1 aliphatic heterocycles. The van der Waals surface area contributed by atoms with Crippen LogP contribution in [0.15, 0.2) is 30.5 Å². The first-order valence-electron chi connectivity index (χ1n) is 6.20. The molecule has 18 heavy (non-hydrogen) atoms. The monoisotopic (exact) mass is 260 g/mol. The predicted octanol–water partition coefficient (Wildman–Crippen LogP) is 2.49. The maximum Gasteiger partial charge on any atom is 0.141 e. The minimum absolute atomic E-state index is 0.267. The molecule has 94 valence electrons. The highest BCUT2D eigenvalue weighted by molar-refractivity contribution is 7.99. The number of fused-ring (bicyclic) bond motifs is 1. The smallest absolute Gasteiger partial charge is 0.141 e. The van der Waals surface area contributed by atoms with Gasteiger partial charge in [0.05, 0.1) is 0 Å². The van der Waals surface area contributed by atoms with Crippen LogP contribution in [0, 0.1) is 0 Å². The number of benzene rings is 1. The largest absolute Gasteiger partial charge is 0.506 e. The second-order valence-electron chi connectivity index (χ2n) is 4.53. The second-order valence-corrected chi connectivity index (χ2v) is 5.76. The summed E-state index contributed by atoms with van der Waals surface area (Å²) in [6, 6.07) is 7.73. The summed E-state index contributed by atoms with van der Waals surface area (Å²) in [7, 11) is 0. The van der Waals surface area contributed by atoms with Crippen molar-refractivity contribution >= 4 is 22.7 Å². The fourth-order valence-corrected chi connectivity index (χ4v) is 3.33.